The van der Waals surface area contributed by atoms with E-state index in [4.69, 9.17) is 5.11 Å². The molecule has 14 heavy (non-hydrogen) atoms. The van der Waals surface area contributed by atoms with Gasteiger partial charge in [0.15, 0.2) is 0 Å². The summed E-state index contributed by atoms with van der Waals surface area (Å²) in [6.45, 7) is 0.664. The zero-order chi connectivity index (χ0) is 10.4. The molecule has 1 aromatic carbocycles. The van der Waals surface area contributed by atoms with Crippen LogP contribution in [0.1, 0.15) is 5.56 Å². The highest BCUT2D eigenvalue weighted by atomic mass is 79.9. The van der Waals surface area contributed by atoms with Crippen molar-refractivity contribution in [2.75, 3.05) is 5.75 Å². The first kappa shape index (κ1) is 11.6. The number of aliphatic carboxylic acids is 1. The Hall–Kier alpha value is -0.520. The highest BCUT2D eigenvalue weighted by Crippen LogP contribution is 2.11. The van der Waals surface area contributed by atoms with Gasteiger partial charge in [-0.2, -0.15) is 0 Å². The maximum Gasteiger partial charge on any atom is 0.314 e. The Labute approximate surface area is 95.2 Å². The summed E-state index contributed by atoms with van der Waals surface area (Å²) in [4.78, 5) is 10.2. The number of nitrogens with one attached hydrogen (secondary N) is 1. The first-order valence-corrected chi connectivity index (χ1v) is 5.77. The Kier molecular flexibility index (Phi) is 5.00. The number of carboxylic acid groups (broad SMARTS) is 1. The van der Waals surface area contributed by atoms with Gasteiger partial charge in [-0.25, -0.2) is 0 Å². The Bertz CT molecular complexity index is 319. The fourth-order valence-electron chi connectivity index (χ4n) is 0.894. The van der Waals surface area contributed by atoms with Gasteiger partial charge in [0.25, 0.3) is 0 Å². The number of benzene rings is 1. The predicted molar refractivity (Wildman–Crippen MR) is 61.1 cm³/mol. The van der Waals surface area contributed by atoms with Crippen LogP contribution in [0.2, 0.25) is 0 Å². The molecule has 3 nitrogen and oxygen atoms in total. The fourth-order valence-corrected chi connectivity index (χ4v) is 1.83. The van der Waals surface area contributed by atoms with Crippen LogP contribution in [-0.2, 0) is 11.3 Å². The predicted octanol–water partition coefficient (Wildman–Crippen LogP) is 2.27. The monoisotopic (exact) mass is 275 g/mol. The molecule has 0 saturated carbocycles. The second-order valence-corrected chi connectivity index (χ2v) is 4.42. The molecular weight excluding hydrogens is 266 g/mol. The molecule has 0 heterocycles. The molecule has 5 heteroatoms. The van der Waals surface area contributed by atoms with Crippen molar-refractivity contribution < 1.29 is 9.90 Å². The van der Waals surface area contributed by atoms with E-state index in [0.29, 0.717) is 6.54 Å². The standard InChI is InChI=1S/C9H10BrNO2S/c10-8-3-1-2-7(4-8)5-11-14-6-9(12)13/h1-4,11H,5-6H2,(H,12,13). The van der Waals surface area contributed by atoms with Crippen LogP contribution in [0.3, 0.4) is 0 Å². The molecule has 2 N–H and O–H groups in total. The molecular formula is C9H10BrNO2S. The van der Waals surface area contributed by atoms with Gasteiger partial charge in [-0.05, 0) is 17.7 Å². The summed E-state index contributed by atoms with van der Waals surface area (Å²) in [6.07, 6.45) is 0. The summed E-state index contributed by atoms with van der Waals surface area (Å²) < 4.78 is 4.00. The van der Waals surface area contributed by atoms with E-state index < -0.39 is 5.97 Å². The lowest BCUT2D eigenvalue weighted by Crippen LogP contribution is -2.08. The number of hydrogen-bond acceptors (Lipinski definition) is 3. The Morgan fingerprint density at radius 3 is 3.00 bits per heavy atom. The normalized spacial score (nSPS) is 10.1. The topological polar surface area (TPSA) is 49.3 Å². The molecule has 0 aromatic heterocycles. The lowest BCUT2D eigenvalue weighted by atomic mass is 10.2. The van der Waals surface area contributed by atoms with Crippen LogP contribution in [0.4, 0.5) is 0 Å². The third kappa shape index (κ3) is 4.64. The number of halogens is 1. The smallest absolute Gasteiger partial charge is 0.314 e. The molecule has 0 bridgehead atoms. The molecule has 1 aromatic rings. The van der Waals surface area contributed by atoms with E-state index >= 15 is 0 Å². The molecule has 76 valence electrons. The molecule has 0 aliphatic carbocycles. The number of carbonyl (C=O) groups is 1. The van der Waals surface area contributed by atoms with E-state index in [-0.39, 0.29) is 5.75 Å². The summed E-state index contributed by atoms with van der Waals surface area (Å²) in [5.74, 6) is -0.731. The van der Waals surface area contributed by atoms with E-state index in [1.807, 2.05) is 24.3 Å². The van der Waals surface area contributed by atoms with Crippen molar-refractivity contribution in [3.8, 4) is 0 Å². The van der Waals surface area contributed by atoms with E-state index in [0.717, 1.165) is 10.0 Å². The molecule has 0 unspecified atom stereocenters. The molecule has 0 fully saturated rings. The molecule has 0 saturated heterocycles. The number of hydrogen-bond donors (Lipinski definition) is 2. The van der Waals surface area contributed by atoms with Gasteiger partial charge in [0.2, 0.25) is 0 Å². The SMILES string of the molecule is O=C(O)CSNCc1cccc(Br)c1. The minimum atomic E-state index is -0.809. The van der Waals surface area contributed by atoms with Crippen molar-refractivity contribution >= 4 is 33.8 Å². The molecule has 0 radical (unpaired) electrons. The Morgan fingerprint density at radius 1 is 1.57 bits per heavy atom. The summed E-state index contributed by atoms with van der Waals surface area (Å²) in [6, 6.07) is 7.88. The third-order valence-corrected chi connectivity index (χ3v) is 2.70. The average Bonchev–Trinajstić information content (AvgIpc) is 2.12. The molecule has 0 atom stereocenters. The van der Waals surface area contributed by atoms with Crippen LogP contribution >= 0.6 is 27.9 Å². The van der Waals surface area contributed by atoms with Crippen molar-refractivity contribution in [3.63, 3.8) is 0 Å². The second-order valence-electron chi connectivity index (χ2n) is 2.63. The average molecular weight is 276 g/mol. The van der Waals surface area contributed by atoms with Crippen molar-refractivity contribution in [2.24, 2.45) is 0 Å². The first-order valence-electron chi connectivity index (χ1n) is 3.99. The maximum atomic E-state index is 10.2. The molecule has 0 aliphatic rings. The molecule has 0 aliphatic heterocycles. The lowest BCUT2D eigenvalue weighted by Gasteiger charge is -2.02. The van der Waals surface area contributed by atoms with E-state index in [1.54, 1.807) is 0 Å². The highest BCUT2D eigenvalue weighted by Gasteiger charge is 1.97. The van der Waals surface area contributed by atoms with Crippen LogP contribution in [0.15, 0.2) is 28.7 Å². The lowest BCUT2D eigenvalue weighted by molar-refractivity contribution is -0.133. The van der Waals surface area contributed by atoms with E-state index in [9.17, 15) is 4.79 Å². The first-order chi connectivity index (χ1) is 6.68. The van der Waals surface area contributed by atoms with Gasteiger partial charge in [0.1, 0.15) is 5.75 Å². The van der Waals surface area contributed by atoms with Crippen molar-refractivity contribution in [1.82, 2.24) is 4.72 Å². The number of rotatable bonds is 5. The van der Waals surface area contributed by atoms with Crippen LogP contribution in [0.25, 0.3) is 0 Å². The summed E-state index contributed by atoms with van der Waals surface area (Å²) >= 11 is 4.56. The maximum absolute atomic E-state index is 10.2. The largest absolute Gasteiger partial charge is 0.481 e. The molecule has 1 rings (SSSR count). The van der Waals surface area contributed by atoms with Crippen LogP contribution in [0.5, 0.6) is 0 Å². The Balaban J connectivity index is 2.28. The zero-order valence-corrected chi connectivity index (χ0v) is 9.77. The molecule has 0 spiro atoms. The van der Waals surface area contributed by atoms with Crippen molar-refractivity contribution in [1.29, 1.82) is 0 Å². The van der Waals surface area contributed by atoms with Gasteiger partial charge in [-0.1, -0.05) is 40.0 Å². The summed E-state index contributed by atoms with van der Waals surface area (Å²) in [5.41, 5.74) is 1.12. The van der Waals surface area contributed by atoms with Crippen LogP contribution < -0.4 is 4.72 Å². The van der Waals surface area contributed by atoms with Crippen LogP contribution in [0, 0.1) is 0 Å². The van der Waals surface area contributed by atoms with E-state index in [1.165, 1.54) is 11.9 Å². The second kappa shape index (κ2) is 6.06. The molecule has 0 amide bonds. The van der Waals surface area contributed by atoms with Gasteiger partial charge in [-0.3, -0.25) is 9.52 Å². The van der Waals surface area contributed by atoms with Gasteiger partial charge < -0.3 is 5.11 Å². The number of carboxylic acids is 1. The summed E-state index contributed by atoms with van der Waals surface area (Å²) in [5, 5.41) is 8.39. The minimum absolute atomic E-state index is 0.0774. The van der Waals surface area contributed by atoms with Gasteiger partial charge in [0, 0.05) is 11.0 Å². The summed E-state index contributed by atoms with van der Waals surface area (Å²) in [7, 11) is 0. The minimum Gasteiger partial charge on any atom is -0.481 e. The zero-order valence-electron chi connectivity index (χ0n) is 7.37. The quantitative estimate of drug-likeness (QED) is 0.640. The third-order valence-electron chi connectivity index (χ3n) is 1.46. The van der Waals surface area contributed by atoms with Crippen molar-refractivity contribution in [2.45, 2.75) is 6.54 Å². The van der Waals surface area contributed by atoms with E-state index in [2.05, 4.69) is 20.7 Å². The Morgan fingerprint density at radius 2 is 2.36 bits per heavy atom. The van der Waals surface area contributed by atoms with Crippen molar-refractivity contribution in [3.05, 3.63) is 34.3 Å². The highest BCUT2D eigenvalue weighted by molar-refractivity contribution is 9.10. The van der Waals surface area contributed by atoms with Gasteiger partial charge >= 0.3 is 5.97 Å². The van der Waals surface area contributed by atoms with Gasteiger partial charge in [0.05, 0.1) is 0 Å². The van der Waals surface area contributed by atoms with Crippen LogP contribution in [-0.4, -0.2) is 16.8 Å². The fraction of sp³-hybridized carbons (Fsp3) is 0.222. The van der Waals surface area contributed by atoms with Gasteiger partial charge in [-0.15, -0.1) is 0 Å².